The molecule has 1 atom stereocenters. The molecule has 0 bridgehead atoms. The van der Waals surface area contributed by atoms with Crippen LogP contribution in [0.5, 0.6) is 0 Å². The number of aromatic nitrogens is 3. The summed E-state index contributed by atoms with van der Waals surface area (Å²) in [7, 11) is 0. The third-order valence-corrected chi connectivity index (χ3v) is 2.39. The summed E-state index contributed by atoms with van der Waals surface area (Å²) in [5.41, 5.74) is 1.04. The summed E-state index contributed by atoms with van der Waals surface area (Å²) < 4.78 is 0. The second-order valence-corrected chi connectivity index (χ2v) is 3.75. The summed E-state index contributed by atoms with van der Waals surface area (Å²) in [4.78, 5) is 12.8. The highest BCUT2D eigenvalue weighted by atomic mass is 16.1. The molecule has 88 valence electrons. The van der Waals surface area contributed by atoms with Gasteiger partial charge in [0.15, 0.2) is 0 Å². The highest BCUT2D eigenvalue weighted by molar-refractivity contribution is 5.73. The Labute approximate surface area is 99.5 Å². The van der Waals surface area contributed by atoms with E-state index in [4.69, 9.17) is 0 Å². The third kappa shape index (κ3) is 3.14. The molecular weight excluding hydrogens is 216 g/mol. The van der Waals surface area contributed by atoms with Crippen LogP contribution in [0.15, 0.2) is 42.7 Å². The van der Waals surface area contributed by atoms with Gasteiger partial charge in [-0.05, 0) is 5.56 Å². The molecule has 0 aliphatic carbocycles. The molecule has 0 spiro atoms. The fourth-order valence-electron chi connectivity index (χ4n) is 1.67. The molecule has 5 nitrogen and oxygen atoms in total. The van der Waals surface area contributed by atoms with Gasteiger partial charge in [-0.1, -0.05) is 30.3 Å². The van der Waals surface area contributed by atoms with Crippen LogP contribution in [0.25, 0.3) is 0 Å². The minimum absolute atomic E-state index is 0.0639. The molecule has 5 heteroatoms. The number of carbonyl (C=O) groups is 1. The van der Waals surface area contributed by atoms with Crippen molar-refractivity contribution in [2.24, 2.45) is 0 Å². The number of carbonyl (C=O) groups excluding carboxylic acids is 1. The lowest BCUT2D eigenvalue weighted by atomic mass is 10.1. The third-order valence-electron chi connectivity index (χ3n) is 2.39. The van der Waals surface area contributed by atoms with E-state index >= 15 is 0 Å². The van der Waals surface area contributed by atoms with E-state index in [0.29, 0.717) is 6.54 Å². The van der Waals surface area contributed by atoms with Crippen LogP contribution in [0.2, 0.25) is 0 Å². The summed E-state index contributed by atoms with van der Waals surface area (Å²) >= 11 is 0. The molecule has 0 aliphatic rings. The minimum atomic E-state index is -0.110. The van der Waals surface area contributed by atoms with Gasteiger partial charge in [-0.2, -0.15) is 15.0 Å². The van der Waals surface area contributed by atoms with E-state index in [2.05, 4.69) is 15.5 Å². The molecule has 0 saturated carbocycles. The van der Waals surface area contributed by atoms with Crippen molar-refractivity contribution in [1.82, 2.24) is 20.3 Å². The molecule has 0 aliphatic heterocycles. The fourth-order valence-corrected chi connectivity index (χ4v) is 1.67. The number of amides is 1. The number of rotatable bonds is 4. The van der Waals surface area contributed by atoms with Crippen LogP contribution in [0.4, 0.5) is 0 Å². The number of benzene rings is 1. The Morgan fingerprint density at radius 3 is 2.53 bits per heavy atom. The van der Waals surface area contributed by atoms with Crippen molar-refractivity contribution in [2.45, 2.75) is 19.5 Å². The fraction of sp³-hybridized carbons (Fsp3) is 0.250. The predicted octanol–water partition coefficient (Wildman–Crippen LogP) is 1.16. The van der Waals surface area contributed by atoms with Gasteiger partial charge >= 0.3 is 0 Å². The van der Waals surface area contributed by atoms with Crippen LogP contribution in [-0.2, 0) is 11.3 Å². The summed E-state index contributed by atoms with van der Waals surface area (Å²) in [6.45, 7) is 2.03. The van der Waals surface area contributed by atoms with Crippen molar-refractivity contribution in [3.63, 3.8) is 0 Å². The van der Waals surface area contributed by atoms with Crippen molar-refractivity contribution < 1.29 is 4.79 Å². The molecule has 0 saturated heterocycles. The summed E-state index contributed by atoms with van der Waals surface area (Å²) in [5.74, 6) is -0.0639. The number of hydrogen-bond donors (Lipinski definition) is 1. The first-order chi connectivity index (χ1) is 8.25. The Hall–Kier alpha value is -2.17. The van der Waals surface area contributed by atoms with Gasteiger partial charge < -0.3 is 5.32 Å². The Bertz CT molecular complexity index is 467. The topological polar surface area (TPSA) is 59.8 Å². The van der Waals surface area contributed by atoms with Crippen LogP contribution in [0.3, 0.4) is 0 Å². The Morgan fingerprint density at radius 1 is 1.29 bits per heavy atom. The molecule has 1 aromatic carbocycles. The SMILES string of the molecule is CC(=O)NC(Cn1nccn1)c1ccccc1. The molecule has 2 aromatic rings. The Kier molecular flexibility index (Phi) is 3.49. The maximum atomic E-state index is 11.2. The van der Waals surface area contributed by atoms with Crippen molar-refractivity contribution in [3.8, 4) is 0 Å². The van der Waals surface area contributed by atoms with Crippen LogP contribution in [-0.4, -0.2) is 20.9 Å². The lowest BCUT2D eigenvalue weighted by Gasteiger charge is -2.17. The normalized spacial score (nSPS) is 12.1. The van der Waals surface area contributed by atoms with Gasteiger partial charge in [0.1, 0.15) is 0 Å². The minimum Gasteiger partial charge on any atom is -0.348 e. The van der Waals surface area contributed by atoms with E-state index in [1.807, 2.05) is 30.3 Å². The highest BCUT2D eigenvalue weighted by Gasteiger charge is 2.13. The smallest absolute Gasteiger partial charge is 0.217 e. The highest BCUT2D eigenvalue weighted by Crippen LogP contribution is 2.13. The second-order valence-electron chi connectivity index (χ2n) is 3.75. The van der Waals surface area contributed by atoms with Crippen LogP contribution >= 0.6 is 0 Å². The van der Waals surface area contributed by atoms with Crippen LogP contribution < -0.4 is 5.32 Å². The maximum Gasteiger partial charge on any atom is 0.217 e. The van der Waals surface area contributed by atoms with Gasteiger partial charge in [0.25, 0.3) is 0 Å². The zero-order valence-corrected chi connectivity index (χ0v) is 9.58. The zero-order chi connectivity index (χ0) is 12.1. The lowest BCUT2D eigenvalue weighted by molar-refractivity contribution is -0.119. The van der Waals surface area contributed by atoms with Gasteiger partial charge in [-0.3, -0.25) is 4.79 Å². The van der Waals surface area contributed by atoms with Crippen molar-refractivity contribution in [1.29, 1.82) is 0 Å². The summed E-state index contributed by atoms with van der Waals surface area (Å²) in [6.07, 6.45) is 3.24. The number of nitrogens with one attached hydrogen (secondary N) is 1. The van der Waals surface area contributed by atoms with Gasteiger partial charge in [0.2, 0.25) is 5.91 Å². The van der Waals surface area contributed by atoms with E-state index in [1.165, 1.54) is 6.92 Å². The molecule has 0 fully saturated rings. The first-order valence-electron chi connectivity index (χ1n) is 5.42. The standard InChI is InChI=1S/C12H14N4O/c1-10(17)15-12(9-16-13-7-8-14-16)11-5-3-2-4-6-11/h2-8,12H,9H2,1H3,(H,15,17). The molecule has 0 radical (unpaired) electrons. The van der Waals surface area contributed by atoms with Crippen molar-refractivity contribution >= 4 is 5.91 Å². The first kappa shape index (κ1) is 11.3. The molecule has 17 heavy (non-hydrogen) atoms. The van der Waals surface area contributed by atoms with E-state index in [-0.39, 0.29) is 11.9 Å². The van der Waals surface area contributed by atoms with Gasteiger partial charge in [-0.25, -0.2) is 0 Å². The lowest BCUT2D eigenvalue weighted by Crippen LogP contribution is -2.30. The molecule has 1 aromatic heterocycles. The van der Waals surface area contributed by atoms with Gasteiger partial charge in [0.05, 0.1) is 25.0 Å². The molecule has 1 unspecified atom stereocenters. The average molecular weight is 230 g/mol. The quantitative estimate of drug-likeness (QED) is 0.857. The average Bonchev–Trinajstić information content (AvgIpc) is 2.82. The molecule has 1 amide bonds. The van der Waals surface area contributed by atoms with Gasteiger partial charge in [0, 0.05) is 6.92 Å². The predicted molar refractivity (Wildman–Crippen MR) is 63.0 cm³/mol. The second kappa shape index (κ2) is 5.25. The largest absolute Gasteiger partial charge is 0.348 e. The van der Waals surface area contributed by atoms with E-state index in [1.54, 1.807) is 17.2 Å². The molecule has 1 N–H and O–H groups in total. The van der Waals surface area contributed by atoms with E-state index in [9.17, 15) is 4.79 Å². The van der Waals surface area contributed by atoms with Crippen LogP contribution in [0, 0.1) is 0 Å². The maximum absolute atomic E-state index is 11.2. The molecule has 1 heterocycles. The number of hydrogen-bond acceptors (Lipinski definition) is 3. The Balaban J connectivity index is 2.16. The number of nitrogens with zero attached hydrogens (tertiary/aromatic N) is 3. The zero-order valence-electron chi connectivity index (χ0n) is 9.58. The monoisotopic (exact) mass is 230 g/mol. The van der Waals surface area contributed by atoms with Crippen molar-refractivity contribution in [3.05, 3.63) is 48.3 Å². The Morgan fingerprint density at radius 2 is 1.94 bits per heavy atom. The summed E-state index contributed by atoms with van der Waals surface area (Å²) in [5, 5.41) is 11.0. The van der Waals surface area contributed by atoms with E-state index < -0.39 is 0 Å². The molecule has 2 rings (SSSR count). The van der Waals surface area contributed by atoms with E-state index in [0.717, 1.165) is 5.56 Å². The van der Waals surface area contributed by atoms with Crippen LogP contribution in [0.1, 0.15) is 18.5 Å². The van der Waals surface area contributed by atoms with Crippen molar-refractivity contribution in [2.75, 3.05) is 0 Å². The first-order valence-corrected chi connectivity index (χ1v) is 5.42. The summed E-state index contributed by atoms with van der Waals surface area (Å²) in [6, 6.07) is 9.68. The molecular formula is C12H14N4O. The van der Waals surface area contributed by atoms with Gasteiger partial charge in [-0.15, -0.1) is 0 Å².